The number of oxime groups is 1. The van der Waals surface area contributed by atoms with E-state index >= 15 is 0 Å². The van der Waals surface area contributed by atoms with Crippen LogP contribution in [-0.2, 0) is 16.2 Å². The monoisotopic (exact) mass is 368 g/mol. The summed E-state index contributed by atoms with van der Waals surface area (Å²) in [6.45, 7) is 6.68. The van der Waals surface area contributed by atoms with E-state index in [0.29, 0.717) is 19.5 Å². The van der Waals surface area contributed by atoms with Gasteiger partial charge in [-0.25, -0.2) is 4.39 Å². The Morgan fingerprint density at radius 1 is 1.19 bits per heavy atom. The highest BCUT2D eigenvalue weighted by Crippen LogP contribution is 2.20. The van der Waals surface area contributed by atoms with E-state index in [9.17, 15) is 9.18 Å². The highest BCUT2D eigenvalue weighted by atomic mass is 19.1. The molecule has 1 unspecified atom stereocenters. The number of halogens is 1. The summed E-state index contributed by atoms with van der Waals surface area (Å²) in [6, 6.07) is 14.4. The molecule has 2 aromatic carbocycles. The fourth-order valence-electron chi connectivity index (χ4n) is 3.10. The SMILES string of the molecule is Cc1ccc(C2=NOC(CN(Cc3ccc(F)cc3)C(=O)C(C)C)C2)cc1. The second-order valence-electron chi connectivity index (χ2n) is 7.34. The van der Waals surface area contributed by atoms with Gasteiger partial charge in [0, 0.05) is 18.9 Å². The minimum Gasteiger partial charge on any atom is -0.390 e. The topological polar surface area (TPSA) is 41.9 Å². The molecule has 0 aliphatic carbocycles. The molecule has 1 atom stereocenters. The van der Waals surface area contributed by atoms with Crippen LogP contribution in [0.3, 0.4) is 0 Å². The van der Waals surface area contributed by atoms with Gasteiger partial charge in [0.25, 0.3) is 0 Å². The summed E-state index contributed by atoms with van der Waals surface area (Å²) in [5.74, 6) is -0.355. The Balaban J connectivity index is 1.66. The van der Waals surface area contributed by atoms with Gasteiger partial charge in [-0.2, -0.15) is 0 Å². The van der Waals surface area contributed by atoms with E-state index in [4.69, 9.17) is 4.84 Å². The molecule has 1 amide bonds. The van der Waals surface area contributed by atoms with Crippen LogP contribution in [0.25, 0.3) is 0 Å². The first-order valence-corrected chi connectivity index (χ1v) is 9.25. The Hall–Kier alpha value is -2.69. The summed E-state index contributed by atoms with van der Waals surface area (Å²) in [5, 5.41) is 4.22. The van der Waals surface area contributed by atoms with Gasteiger partial charge < -0.3 is 9.74 Å². The van der Waals surface area contributed by atoms with E-state index in [0.717, 1.165) is 16.8 Å². The van der Waals surface area contributed by atoms with Gasteiger partial charge in [0.2, 0.25) is 5.91 Å². The molecule has 0 aromatic heterocycles. The number of nitrogens with zero attached hydrogens (tertiary/aromatic N) is 2. The number of carbonyl (C=O) groups is 1. The van der Waals surface area contributed by atoms with Crippen LogP contribution in [0.4, 0.5) is 4.39 Å². The van der Waals surface area contributed by atoms with Crippen LogP contribution in [0.1, 0.15) is 37.0 Å². The maximum Gasteiger partial charge on any atom is 0.225 e. The highest BCUT2D eigenvalue weighted by Gasteiger charge is 2.27. The van der Waals surface area contributed by atoms with Crippen molar-refractivity contribution < 1.29 is 14.0 Å². The first kappa shape index (κ1) is 19.1. The number of benzene rings is 2. The molecule has 0 radical (unpaired) electrons. The zero-order valence-electron chi connectivity index (χ0n) is 16.0. The van der Waals surface area contributed by atoms with Crippen molar-refractivity contribution in [2.24, 2.45) is 11.1 Å². The lowest BCUT2D eigenvalue weighted by atomic mass is 10.0. The maximum absolute atomic E-state index is 13.2. The van der Waals surface area contributed by atoms with Gasteiger partial charge in [-0.05, 0) is 30.2 Å². The van der Waals surface area contributed by atoms with Crippen LogP contribution in [0.15, 0.2) is 53.7 Å². The fraction of sp³-hybridized carbons (Fsp3) is 0.364. The Labute approximate surface area is 159 Å². The molecule has 0 N–H and O–H groups in total. The smallest absolute Gasteiger partial charge is 0.225 e. The van der Waals surface area contributed by atoms with Gasteiger partial charge in [0.1, 0.15) is 5.82 Å². The third-order valence-corrected chi connectivity index (χ3v) is 4.63. The molecule has 1 aliphatic rings. The van der Waals surface area contributed by atoms with Crippen LogP contribution < -0.4 is 0 Å². The quantitative estimate of drug-likeness (QED) is 0.762. The maximum atomic E-state index is 13.2. The molecule has 4 nitrogen and oxygen atoms in total. The molecule has 5 heteroatoms. The van der Waals surface area contributed by atoms with Gasteiger partial charge in [-0.15, -0.1) is 0 Å². The lowest BCUT2D eigenvalue weighted by molar-refractivity contribution is -0.136. The molecule has 0 bridgehead atoms. The molecule has 0 saturated carbocycles. The average molecular weight is 368 g/mol. The largest absolute Gasteiger partial charge is 0.390 e. The fourth-order valence-corrected chi connectivity index (χ4v) is 3.10. The third kappa shape index (κ3) is 4.94. The molecule has 1 aliphatic heterocycles. The molecule has 0 spiro atoms. The van der Waals surface area contributed by atoms with Gasteiger partial charge in [-0.3, -0.25) is 4.79 Å². The van der Waals surface area contributed by atoms with Crippen LogP contribution >= 0.6 is 0 Å². The van der Waals surface area contributed by atoms with Gasteiger partial charge in [-0.1, -0.05) is 61.0 Å². The Morgan fingerprint density at radius 2 is 1.85 bits per heavy atom. The Kier molecular flexibility index (Phi) is 5.89. The number of amides is 1. The Morgan fingerprint density at radius 3 is 2.48 bits per heavy atom. The van der Waals surface area contributed by atoms with Crippen molar-refractivity contribution in [3.8, 4) is 0 Å². The van der Waals surface area contributed by atoms with E-state index in [2.05, 4.69) is 5.16 Å². The van der Waals surface area contributed by atoms with Crippen molar-refractivity contribution in [1.29, 1.82) is 0 Å². The van der Waals surface area contributed by atoms with E-state index < -0.39 is 0 Å². The number of carbonyl (C=O) groups excluding carboxylic acids is 1. The first-order valence-electron chi connectivity index (χ1n) is 9.25. The molecule has 27 heavy (non-hydrogen) atoms. The normalized spacial score (nSPS) is 16.2. The van der Waals surface area contributed by atoms with E-state index in [-0.39, 0.29) is 23.7 Å². The van der Waals surface area contributed by atoms with Crippen molar-refractivity contribution in [3.05, 3.63) is 71.0 Å². The summed E-state index contributed by atoms with van der Waals surface area (Å²) in [4.78, 5) is 20.0. The van der Waals surface area contributed by atoms with Crippen LogP contribution in [0, 0.1) is 18.7 Å². The van der Waals surface area contributed by atoms with Crippen molar-refractivity contribution in [3.63, 3.8) is 0 Å². The zero-order valence-corrected chi connectivity index (χ0v) is 16.0. The molecule has 1 heterocycles. The summed E-state index contributed by atoms with van der Waals surface area (Å²) in [5.41, 5.74) is 4.04. The third-order valence-electron chi connectivity index (χ3n) is 4.63. The van der Waals surface area contributed by atoms with Crippen LogP contribution in [0.2, 0.25) is 0 Å². The Bertz CT molecular complexity index is 813. The predicted molar refractivity (Wildman–Crippen MR) is 104 cm³/mol. The van der Waals surface area contributed by atoms with Gasteiger partial charge in [0.15, 0.2) is 6.10 Å². The molecule has 0 fully saturated rings. The summed E-state index contributed by atoms with van der Waals surface area (Å²) in [6.07, 6.45) is 0.485. The lowest BCUT2D eigenvalue weighted by Gasteiger charge is -2.26. The van der Waals surface area contributed by atoms with Crippen molar-refractivity contribution in [2.75, 3.05) is 6.54 Å². The molecular weight excluding hydrogens is 343 g/mol. The zero-order chi connectivity index (χ0) is 19.4. The molecule has 0 saturated heterocycles. The van der Waals surface area contributed by atoms with E-state index in [1.54, 1.807) is 17.0 Å². The average Bonchev–Trinajstić information content (AvgIpc) is 3.11. The summed E-state index contributed by atoms with van der Waals surface area (Å²) < 4.78 is 13.2. The standard InChI is InChI=1S/C22H25FN2O2/c1-15(2)22(26)25(13-17-6-10-19(23)11-7-17)14-20-12-21(24-27-20)18-8-4-16(3)5-9-18/h4-11,15,20H,12-14H2,1-3H3. The second-order valence-corrected chi connectivity index (χ2v) is 7.34. The highest BCUT2D eigenvalue weighted by molar-refractivity contribution is 6.01. The number of hydrogen-bond donors (Lipinski definition) is 0. The molecule has 2 aromatic rings. The minimum atomic E-state index is -0.282. The second kappa shape index (κ2) is 8.33. The van der Waals surface area contributed by atoms with Crippen LogP contribution in [-0.4, -0.2) is 29.2 Å². The van der Waals surface area contributed by atoms with Crippen molar-refractivity contribution in [1.82, 2.24) is 4.90 Å². The van der Waals surface area contributed by atoms with Crippen molar-refractivity contribution >= 4 is 11.6 Å². The number of rotatable bonds is 6. The number of aryl methyl sites for hydroxylation is 1. The van der Waals surface area contributed by atoms with E-state index in [1.807, 2.05) is 45.0 Å². The first-order chi connectivity index (χ1) is 12.9. The van der Waals surface area contributed by atoms with E-state index in [1.165, 1.54) is 17.7 Å². The van der Waals surface area contributed by atoms with Gasteiger partial charge >= 0.3 is 0 Å². The lowest BCUT2D eigenvalue weighted by Crippen LogP contribution is -2.39. The molecule has 3 rings (SSSR count). The molecule has 142 valence electrons. The van der Waals surface area contributed by atoms with Crippen molar-refractivity contribution in [2.45, 2.75) is 39.8 Å². The summed E-state index contributed by atoms with van der Waals surface area (Å²) in [7, 11) is 0. The van der Waals surface area contributed by atoms with Crippen LogP contribution in [0.5, 0.6) is 0 Å². The minimum absolute atomic E-state index is 0.0479. The molecular formula is C22H25FN2O2. The van der Waals surface area contributed by atoms with Gasteiger partial charge in [0.05, 0.1) is 12.3 Å². The number of hydrogen-bond acceptors (Lipinski definition) is 3. The summed E-state index contributed by atoms with van der Waals surface area (Å²) >= 11 is 0. The predicted octanol–water partition coefficient (Wildman–Crippen LogP) is 4.31.